The second-order valence-electron chi connectivity index (χ2n) is 5.50. The molecule has 2 heteroatoms. The Morgan fingerprint density at radius 1 is 1.41 bits per heavy atom. The van der Waals surface area contributed by atoms with Crippen LogP contribution in [-0.2, 0) is 5.41 Å². The maximum absolute atomic E-state index is 6.11. The number of furan rings is 1. The maximum Gasteiger partial charge on any atom is 0.137 e. The Bertz CT molecular complexity index is 557. The molecular weight excluding hydrogens is 276 g/mol. The average molecular weight is 293 g/mol. The van der Waals surface area contributed by atoms with Crippen molar-refractivity contribution in [2.45, 2.75) is 43.4 Å². The summed E-state index contributed by atoms with van der Waals surface area (Å²) in [4.78, 5) is 0.641. The lowest BCUT2D eigenvalue weighted by molar-refractivity contribution is 0.381. The zero-order chi connectivity index (χ0) is 12.0. The van der Waals surface area contributed by atoms with Crippen LogP contribution in [0.5, 0.6) is 0 Å². The minimum absolute atomic E-state index is 0.208. The number of aryl methyl sites for hydroxylation is 1. The molecule has 1 saturated carbocycles. The van der Waals surface area contributed by atoms with Crippen molar-refractivity contribution in [1.82, 2.24) is 0 Å². The molecule has 0 saturated heterocycles. The molecule has 1 aromatic carbocycles. The molecule has 0 aliphatic heterocycles. The highest BCUT2D eigenvalue weighted by Gasteiger charge is 2.38. The Morgan fingerprint density at radius 2 is 2.24 bits per heavy atom. The van der Waals surface area contributed by atoms with E-state index in [-0.39, 0.29) is 5.41 Å². The Hall–Kier alpha value is -0.760. The van der Waals surface area contributed by atoms with Gasteiger partial charge in [0.25, 0.3) is 0 Å². The molecule has 2 atom stereocenters. The SMILES string of the molecule is Cc1cccc2cc(C3(C)CCC(Br)C3)oc12. The average Bonchev–Trinajstić information content (AvgIpc) is 2.85. The predicted molar refractivity (Wildman–Crippen MR) is 74.9 cm³/mol. The smallest absolute Gasteiger partial charge is 0.137 e. The van der Waals surface area contributed by atoms with Gasteiger partial charge < -0.3 is 4.42 Å². The van der Waals surface area contributed by atoms with E-state index in [9.17, 15) is 0 Å². The molecule has 0 spiro atoms. The number of alkyl halides is 1. The van der Waals surface area contributed by atoms with Crippen molar-refractivity contribution < 1.29 is 4.42 Å². The highest BCUT2D eigenvalue weighted by molar-refractivity contribution is 9.09. The minimum atomic E-state index is 0.208. The number of rotatable bonds is 1. The molecule has 17 heavy (non-hydrogen) atoms. The van der Waals surface area contributed by atoms with E-state index in [4.69, 9.17) is 4.42 Å². The van der Waals surface area contributed by atoms with E-state index in [2.05, 4.69) is 54.0 Å². The van der Waals surface area contributed by atoms with E-state index in [1.807, 2.05) is 0 Å². The monoisotopic (exact) mass is 292 g/mol. The van der Waals surface area contributed by atoms with Crippen LogP contribution in [0.4, 0.5) is 0 Å². The quantitative estimate of drug-likeness (QED) is 0.678. The number of hydrogen-bond donors (Lipinski definition) is 0. The second-order valence-corrected chi connectivity index (χ2v) is 6.80. The van der Waals surface area contributed by atoms with Gasteiger partial charge in [0, 0.05) is 15.6 Å². The van der Waals surface area contributed by atoms with E-state index in [0.717, 1.165) is 11.3 Å². The second kappa shape index (κ2) is 3.88. The summed E-state index contributed by atoms with van der Waals surface area (Å²) in [6, 6.07) is 8.58. The summed E-state index contributed by atoms with van der Waals surface area (Å²) in [6.07, 6.45) is 3.63. The molecule has 2 aromatic rings. The summed E-state index contributed by atoms with van der Waals surface area (Å²) in [7, 11) is 0. The fraction of sp³-hybridized carbons (Fsp3) is 0.467. The first-order chi connectivity index (χ1) is 8.08. The van der Waals surface area contributed by atoms with Crippen molar-refractivity contribution in [3.8, 4) is 0 Å². The summed E-state index contributed by atoms with van der Waals surface area (Å²) in [5.41, 5.74) is 2.49. The van der Waals surface area contributed by atoms with Gasteiger partial charge in [0.15, 0.2) is 0 Å². The zero-order valence-corrected chi connectivity index (χ0v) is 11.9. The van der Waals surface area contributed by atoms with Gasteiger partial charge in [0.2, 0.25) is 0 Å². The zero-order valence-electron chi connectivity index (χ0n) is 10.3. The molecule has 0 radical (unpaired) electrons. The molecule has 0 bridgehead atoms. The largest absolute Gasteiger partial charge is 0.460 e. The van der Waals surface area contributed by atoms with E-state index in [0.29, 0.717) is 4.83 Å². The first kappa shape index (κ1) is 11.3. The molecule has 0 N–H and O–H groups in total. The van der Waals surface area contributed by atoms with E-state index < -0.39 is 0 Å². The minimum Gasteiger partial charge on any atom is -0.460 e. The Labute approximate surface area is 110 Å². The van der Waals surface area contributed by atoms with Gasteiger partial charge in [-0.2, -0.15) is 0 Å². The topological polar surface area (TPSA) is 13.1 Å². The lowest BCUT2D eigenvalue weighted by Crippen LogP contribution is -2.16. The number of halogens is 1. The van der Waals surface area contributed by atoms with Crippen molar-refractivity contribution in [2.24, 2.45) is 0 Å². The third-order valence-corrected chi connectivity index (χ3v) is 4.80. The van der Waals surface area contributed by atoms with Crippen LogP contribution in [0.15, 0.2) is 28.7 Å². The summed E-state index contributed by atoms with van der Waals surface area (Å²) >= 11 is 3.73. The normalized spacial score (nSPS) is 29.0. The summed E-state index contributed by atoms with van der Waals surface area (Å²) in [5.74, 6) is 1.16. The number of hydrogen-bond acceptors (Lipinski definition) is 1. The maximum atomic E-state index is 6.11. The molecule has 1 aliphatic carbocycles. The summed E-state index contributed by atoms with van der Waals surface area (Å²) < 4.78 is 6.11. The van der Waals surface area contributed by atoms with Gasteiger partial charge in [-0.05, 0) is 37.8 Å². The van der Waals surface area contributed by atoms with E-state index in [1.165, 1.54) is 30.2 Å². The van der Waals surface area contributed by atoms with Gasteiger partial charge in [-0.3, -0.25) is 0 Å². The van der Waals surface area contributed by atoms with Crippen LogP contribution in [0.1, 0.15) is 37.5 Å². The van der Waals surface area contributed by atoms with Gasteiger partial charge >= 0.3 is 0 Å². The van der Waals surface area contributed by atoms with Gasteiger partial charge in [-0.25, -0.2) is 0 Å². The van der Waals surface area contributed by atoms with Crippen molar-refractivity contribution >= 4 is 26.9 Å². The molecule has 90 valence electrons. The molecule has 1 fully saturated rings. The number of para-hydroxylation sites is 1. The van der Waals surface area contributed by atoms with Gasteiger partial charge in [-0.1, -0.05) is 41.1 Å². The third-order valence-electron chi connectivity index (χ3n) is 4.02. The molecule has 1 aromatic heterocycles. The number of fused-ring (bicyclic) bond motifs is 1. The molecule has 3 rings (SSSR count). The highest BCUT2D eigenvalue weighted by Crippen LogP contribution is 2.45. The van der Waals surface area contributed by atoms with Gasteiger partial charge in [0.1, 0.15) is 11.3 Å². The van der Waals surface area contributed by atoms with Gasteiger partial charge in [-0.15, -0.1) is 0 Å². The Balaban J connectivity index is 2.10. The molecule has 1 aliphatic rings. The van der Waals surface area contributed by atoms with Crippen molar-refractivity contribution in [3.05, 3.63) is 35.6 Å². The molecule has 2 unspecified atom stereocenters. The lowest BCUT2D eigenvalue weighted by Gasteiger charge is -2.20. The molecular formula is C15H17BrO. The molecule has 0 amide bonds. The molecule has 1 nitrogen and oxygen atoms in total. The first-order valence-corrected chi connectivity index (χ1v) is 7.14. The van der Waals surface area contributed by atoms with Crippen molar-refractivity contribution in [1.29, 1.82) is 0 Å². The lowest BCUT2D eigenvalue weighted by atomic mass is 9.86. The standard InChI is InChI=1S/C15H17BrO/c1-10-4-3-5-11-8-13(17-14(10)11)15(2)7-6-12(16)9-15/h3-5,8,12H,6-7,9H2,1-2H3. The van der Waals surface area contributed by atoms with E-state index >= 15 is 0 Å². The summed E-state index contributed by atoms with van der Waals surface area (Å²) in [5, 5.41) is 1.24. The third kappa shape index (κ3) is 1.83. The molecule has 1 heterocycles. The first-order valence-electron chi connectivity index (χ1n) is 6.22. The van der Waals surface area contributed by atoms with Crippen LogP contribution in [0, 0.1) is 6.92 Å². The van der Waals surface area contributed by atoms with Crippen molar-refractivity contribution in [3.63, 3.8) is 0 Å². The predicted octanol–water partition coefficient (Wildman–Crippen LogP) is 4.95. The Kier molecular flexibility index (Phi) is 2.58. The summed E-state index contributed by atoms with van der Waals surface area (Å²) in [6.45, 7) is 4.43. The van der Waals surface area contributed by atoms with Crippen LogP contribution in [-0.4, -0.2) is 4.83 Å². The highest BCUT2D eigenvalue weighted by atomic mass is 79.9. The Morgan fingerprint density at radius 3 is 2.88 bits per heavy atom. The fourth-order valence-electron chi connectivity index (χ4n) is 2.90. The van der Waals surface area contributed by atoms with Crippen molar-refractivity contribution in [2.75, 3.05) is 0 Å². The fourth-order valence-corrected chi connectivity index (χ4v) is 3.84. The van der Waals surface area contributed by atoms with Crippen LogP contribution in [0.25, 0.3) is 11.0 Å². The van der Waals surface area contributed by atoms with Crippen LogP contribution in [0.2, 0.25) is 0 Å². The van der Waals surface area contributed by atoms with E-state index in [1.54, 1.807) is 0 Å². The van der Waals surface area contributed by atoms with Crippen LogP contribution < -0.4 is 0 Å². The number of benzene rings is 1. The van der Waals surface area contributed by atoms with Crippen LogP contribution >= 0.6 is 15.9 Å². The van der Waals surface area contributed by atoms with Crippen LogP contribution in [0.3, 0.4) is 0 Å². The van der Waals surface area contributed by atoms with Gasteiger partial charge in [0.05, 0.1) is 0 Å².